The predicted octanol–water partition coefficient (Wildman–Crippen LogP) is 0.00130. The molecule has 32 heavy (non-hydrogen) atoms. The third kappa shape index (κ3) is 8.26. The molecule has 2 amide bonds. The first-order chi connectivity index (χ1) is 15.0. The maximum absolute atomic E-state index is 12.5. The molecule has 15 heteroatoms. The van der Waals surface area contributed by atoms with Gasteiger partial charge in [0, 0.05) is 33.6 Å². The Morgan fingerprint density at radius 3 is 1.97 bits per heavy atom. The van der Waals surface area contributed by atoms with Crippen LogP contribution in [0.5, 0.6) is 0 Å². The van der Waals surface area contributed by atoms with Crippen LogP contribution in [0.15, 0.2) is 5.29 Å². The first kappa shape index (κ1) is 27.0. The molecule has 0 unspecified atom stereocenters. The van der Waals surface area contributed by atoms with Crippen LogP contribution in [0.4, 0.5) is 4.79 Å². The van der Waals surface area contributed by atoms with Gasteiger partial charge in [0.25, 0.3) is 0 Å². The molecule has 5 atom stereocenters. The largest absolute Gasteiger partial charge is 0.463 e. The van der Waals surface area contributed by atoms with E-state index in [0.717, 1.165) is 27.7 Å². The Bertz CT molecular complexity index is 735. The number of amides is 2. The van der Waals surface area contributed by atoms with Gasteiger partial charge in [-0.05, 0) is 0 Å². The van der Waals surface area contributed by atoms with Gasteiger partial charge in [-0.2, -0.15) is 5.01 Å². The van der Waals surface area contributed by atoms with Crippen LogP contribution in [0.2, 0.25) is 0 Å². The highest BCUT2D eigenvalue weighted by Crippen LogP contribution is 2.28. The summed E-state index contributed by atoms with van der Waals surface area (Å²) in [5.41, 5.74) is 0. The third-order valence-corrected chi connectivity index (χ3v) is 4.07. The highest BCUT2D eigenvalue weighted by molar-refractivity contribution is 6.18. The second-order valence-corrected chi connectivity index (χ2v) is 6.85. The highest BCUT2D eigenvalue weighted by atomic mass is 35.5. The van der Waals surface area contributed by atoms with Crippen molar-refractivity contribution in [3.05, 3.63) is 4.91 Å². The number of rotatable bonds is 9. The van der Waals surface area contributed by atoms with E-state index in [2.05, 4.69) is 10.6 Å². The smallest absolute Gasteiger partial charge is 0.341 e. The molecule has 0 bridgehead atoms. The first-order valence-electron chi connectivity index (χ1n) is 9.27. The van der Waals surface area contributed by atoms with Crippen molar-refractivity contribution in [2.24, 2.45) is 5.29 Å². The molecule has 14 nitrogen and oxygen atoms in total. The molecule has 180 valence electrons. The molecule has 1 aliphatic heterocycles. The summed E-state index contributed by atoms with van der Waals surface area (Å²) < 4.78 is 26.0. The fourth-order valence-corrected chi connectivity index (χ4v) is 2.96. The SMILES string of the molecule is CC(=O)OC[C@H]1O[C@@H](OC(C)=O)[C@H](NC(=O)N(CCCl)N=O)[C@@H](OC(C)=O)[C@@H]1OC(C)=O. The standard InChI is InChI=1S/C17H24ClN3O11/c1-8(22)28-7-12-14(29-9(2)23)15(30-10(3)24)13(16(32-12)31-11(4)25)19-17(26)21(20-27)6-5-18/h12-16H,5-7H2,1-4H3,(H,19,26)/t12-,13-,14-,15-,16-/m1/s1. The number of halogens is 1. The normalized spacial score (nSPS) is 24.5. The van der Waals surface area contributed by atoms with E-state index in [-0.39, 0.29) is 12.4 Å². The molecule has 0 aromatic heterocycles. The van der Waals surface area contributed by atoms with E-state index in [1.165, 1.54) is 0 Å². The topological polar surface area (TPSA) is 176 Å². The van der Waals surface area contributed by atoms with Crippen molar-refractivity contribution in [3.63, 3.8) is 0 Å². The molecule has 0 spiro atoms. The quantitative estimate of drug-likeness (QED) is 0.154. The minimum Gasteiger partial charge on any atom is -0.463 e. The van der Waals surface area contributed by atoms with Crippen molar-refractivity contribution in [1.82, 2.24) is 10.3 Å². The molecule has 1 aliphatic rings. The lowest BCUT2D eigenvalue weighted by Gasteiger charge is -2.44. The van der Waals surface area contributed by atoms with Crippen molar-refractivity contribution in [2.45, 2.75) is 58.3 Å². The number of nitrogens with zero attached hydrogens (tertiary/aromatic N) is 2. The van der Waals surface area contributed by atoms with E-state index in [9.17, 15) is 28.9 Å². The fraction of sp³-hybridized carbons (Fsp3) is 0.706. The second kappa shape index (κ2) is 12.8. The fourth-order valence-electron chi connectivity index (χ4n) is 2.80. The van der Waals surface area contributed by atoms with Crippen molar-refractivity contribution in [3.8, 4) is 0 Å². The molecule has 0 aromatic rings. The molecule has 1 saturated heterocycles. The average Bonchev–Trinajstić information content (AvgIpc) is 2.67. The molecule has 1 N–H and O–H groups in total. The molecule has 0 aliphatic carbocycles. The minimum atomic E-state index is -1.59. The van der Waals surface area contributed by atoms with Crippen LogP contribution in [-0.4, -0.2) is 84.6 Å². The number of carbonyl (C=O) groups excluding carboxylic acids is 5. The summed E-state index contributed by atoms with van der Waals surface area (Å²) >= 11 is 5.53. The number of hydrogen-bond donors (Lipinski definition) is 1. The summed E-state index contributed by atoms with van der Waals surface area (Å²) in [5.74, 6) is -3.29. The van der Waals surface area contributed by atoms with Gasteiger partial charge < -0.3 is 29.0 Å². The lowest BCUT2D eigenvalue weighted by Crippen LogP contribution is -2.67. The van der Waals surface area contributed by atoms with Crippen LogP contribution in [0.3, 0.4) is 0 Å². The van der Waals surface area contributed by atoms with Crippen LogP contribution in [0.1, 0.15) is 27.7 Å². The van der Waals surface area contributed by atoms with Gasteiger partial charge in [-0.3, -0.25) is 19.2 Å². The van der Waals surface area contributed by atoms with Crippen molar-refractivity contribution >= 4 is 41.5 Å². The molecular weight excluding hydrogens is 458 g/mol. The van der Waals surface area contributed by atoms with E-state index in [0.29, 0.717) is 5.01 Å². The zero-order chi connectivity index (χ0) is 24.4. The Labute approximate surface area is 187 Å². The number of hydrogen-bond acceptors (Lipinski definition) is 12. The monoisotopic (exact) mass is 481 g/mol. The summed E-state index contributed by atoms with van der Waals surface area (Å²) in [4.78, 5) is 69.7. The Hall–Kier alpha value is -3.00. The lowest BCUT2D eigenvalue weighted by molar-refractivity contribution is -0.270. The molecular formula is C17H24ClN3O11. The summed E-state index contributed by atoms with van der Waals surface area (Å²) in [6, 6.07) is -2.53. The zero-order valence-corrected chi connectivity index (χ0v) is 18.5. The maximum atomic E-state index is 12.5. The van der Waals surface area contributed by atoms with Crippen molar-refractivity contribution < 1.29 is 47.7 Å². The zero-order valence-electron chi connectivity index (χ0n) is 17.8. The van der Waals surface area contributed by atoms with Gasteiger partial charge in [0.05, 0.1) is 11.8 Å². The Morgan fingerprint density at radius 1 is 0.938 bits per heavy atom. The van der Waals surface area contributed by atoms with Crippen LogP contribution in [0.25, 0.3) is 0 Å². The number of nitroso groups, excluding NO2 is 1. The van der Waals surface area contributed by atoms with Gasteiger partial charge in [0.1, 0.15) is 18.8 Å². The molecule has 1 fully saturated rings. The number of urea groups is 1. The van der Waals surface area contributed by atoms with E-state index in [1.807, 2.05) is 0 Å². The molecule has 1 rings (SSSR count). The van der Waals surface area contributed by atoms with Gasteiger partial charge in [0.15, 0.2) is 12.2 Å². The summed E-state index contributed by atoms with van der Waals surface area (Å²) in [5, 5.41) is 5.28. The van der Waals surface area contributed by atoms with E-state index >= 15 is 0 Å². The molecule has 0 saturated carbocycles. The number of nitrogens with one attached hydrogen (secondary N) is 1. The van der Waals surface area contributed by atoms with Gasteiger partial charge in [-0.25, -0.2) is 4.79 Å². The van der Waals surface area contributed by atoms with Crippen molar-refractivity contribution in [1.29, 1.82) is 0 Å². The number of esters is 4. The summed E-state index contributed by atoms with van der Waals surface area (Å²) in [6.07, 6.45) is -5.69. The van der Waals surface area contributed by atoms with Crippen LogP contribution >= 0.6 is 11.6 Å². The van der Waals surface area contributed by atoms with Gasteiger partial charge in [-0.15, -0.1) is 16.5 Å². The van der Waals surface area contributed by atoms with Gasteiger partial charge in [0.2, 0.25) is 6.29 Å². The van der Waals surface area contributed by atoms with E-state index in [4.69, 9.17) is 35.3 Å². The second-order valence-electron chi connectivity index (χ2n) is 6.47. The number of carbonyl (C=O) groups is 5. The Balaban J connectivity index is 3.38. The summed E-state index contributed by atoms with van der Waals surface area (Å²) in [7, 11) is 0. The Morgan fingerprint density at radius 2 is 1.50 bits per heavy atom. The van der Waals surface area contributed by atoms with Crippen LogP contribution in [-0.2, 0) is 42.9 Å². The van der Waals surface area contributed by atoms with Gasteiger partial charge >= 0.3 is 29.9 Å². The third-order valence-electron chi connectivity index (χ3n) is 3.90. The molecule has 0 radical (unpaired) electrons. The lowest BCUT2D eigenvalue weighted by atomic mass is 9.96. The van der Waals surface area contributed by atoms with Crippen LogP contribution in [0, 0.1) is 4.91 Å². The number of alkyl halides is 1. The van der Waals surface area contributed by atoms with E-state index in [1.54, 1.807) is 0 Å². The number of ether oxygens (including phenoxy) is 5. The minimum absolute atomic E-state index is 0.123. The molecule has 0 aromatic carbocycles. The Kier molecular flexibility index (Phi) is 10.8. The maximum Gasteiger partial charge on any atom is 0.341 e. The average molecular weight is 482 g/mol. The summed E-state index contributed by atoms with van der Waals surface area (Å²) in [6.45, 7) is 3.57. The van der Waals surface area contributed by atoms with Gasteiger partial charge in [-0.1, -0.05) is 0 Å². The molecule has 1 heterocycles. The van der Waals surface area contributed by atoms with Crippen molar-refractivity contribution in [2.75, 3.05) is 19.0 Å². The van der Waals surface area contributed by atoms with E-state index < -0.39 is 67.2 Å². The van der Waals surface area contributed by atoms with Crippen LogP contribution < -0.4 is 5.32 Å². The predicted molar refractivity (Wildman–Crippen MR) is 104 cm³/mol. The first-order valence-corrected chi connectivity index (χ1v) is 9.81. The highest BCUT2D eigenvalue weighted by Gasteiger charge is 2.52.